The van der Waals surface area contributed by atoms with Crippen molar-refractivity contribution in [1.29, 1.82) is 0 Å². The van der Waals surface area contributed by atoms with Crippen molar-refractivity contribution in [3.63, 3.8) is 0 Å². The Bertz CT molecular complexity index is 726. The maximum Gasteiger partial charge on any atom is 0.241 e. The SMILES string of the molecule is COc1ccccc1-c1cccc(NC(=O)C(N)C2CCOCC2)c1. The zero-order valence-corrected chi connectivity index (χ0v) is 14.4. The van der Waals surface area contributed by atoms with E-state index in [-0.39, 0.29) is 11.8 Å². The lowest BCUT2D eigenvalue weighted by molar-refractivity contribution is -0.119. The molecule has 5 heteroatoms. The summed E-state index contributed by atoms with van der Waals surface area (Å²) in [7, 11) is 1.65. The average molecular weight is 340 g/mol. The predicted molar refractivity (Wildman–Crippen MR) is 98.6 cm³/mol. The number of nitrogens with two attached hydrogens (primary N) is 1. The number of hydrogen-bond donors (Lipinski definition) is 2. The van der Waals surface area contributed by atoms with Gasteiger partial charge in [0.15, 0.2) is 0 Å². The Labute approximate surface area is 148 Å². The molecule has 0 saturated carbocycles. The number of para-hydroxylation sites is 1. The van der Waals surface area contributed by atoms with Gasteiger partial charge in [0.1, 0.15) is 5.75 Å². The van der Waals surface area contributed by atoms with Crippen molar-refractivity contribution in [1.82, 2.24) is 0 Å². The standard InChI is InChI=1S/C20H24N2O3/c1-24-18-8-3-2-7-17(18)15-5-4-6-16(13-15)22-20(23)19(21)14-9-11-25-12-10-14/h2-8,13-14,19H,9-12,21H2,1H3,(H,22,23). The van der Waals surface area contributed by atoms with Crippen LogP contribution in [0.3, 0.4) is 0 Å². The zero-order valence-electron chi connectivity index (χ0n) is 14.4. The van der Waals surface area contributed by atoms with Gasteiger partial charge in [-0.2, -0.15) is 0 Å². The van der Waals surface area contributed by atoms with Crippen LogP contribution >= 0.6 is 0 Å². The van der Waals surface area contributed by atoms with Crippen molar-refractivity contribution in [3.05, 3.63) is 48.5 Å². The molecule has 132 valence electrons. The molecule has 2 aromatic rings. The van der Waals surface area contributed by atoms with Crippen LogP contribution in [0.15, 0.2) is 48.5 Å². The molecule has 0 bridgehead atoms. The van der Waals surface area contributed by atoms with Crippen LogP contribution in [0.5, 0.6) is 5.75 Å². The molecule has 0 spiro atoms. The van der Waals surface area contributed by atoms with E-state index in [0.717, 1.165) is 35.4 Å². The summed E-state index contributed by atoms with van der Waals surface area (Å²) in [6.45, 7) is 1.35. The lowest BCUT2D eigenvalue weighted by Gasteiger charge is -2.26. The van der Waals surface area contributed by atoms with Gasteiger partial charge < -0.3 is 20.5 Å². The average Bonchev–Trinajstić information content (AvgIpc) is 2.68. The summed E-state index contributed by atoms with van der Waals surface area (Å²) in [6, 6.07) is 15.0. The molecule has 1 heterocycles. The summed E-state index contributed by atoms with van der Waals surface area (Å²) in [5, 5.41) is 2.94. The first-order chi connectivity index (χ1) is 12.2. The van der Waals surface area contributed by atoms with Crippen LogP contribution < -0.4 is 15.8 Å². The number of carbonyl (C=O) groups excluding carboxylic acids is 1. The van der Waals surface area contributed by atoms with Crippen molar-refractivity contribution in [3.8, 4) is 16.9 Å². The van der Waals surface area contributed by atoms with Gasteiger partial charge in [0.25, 0.3) is 0 Å². The second-order valence-corrected chi connectivity index (χ2v) is 6.25. The number of carbonyl (C=O) groups is 1. The van der Waals surface area contributed by atoms with Crippen molar-refractivity contribution in [2.45, 2.75) is 18.9 Å². The number of nitrogens with one attached hydrogen (secondary N) is 1. The molecule has 1 atom stereocenters. The van der Waals surface area contributed by atoms with Crippen molar-refractivity contribution >= 4 is 11.6 Å². The van der Waals surface area contributed by atoms with Crippen LogP contribution in [0.2, 0.25) is 0 Å². The Hall–Kier alpha value is -2.37. The van der Waals surface area contributed by atoms with E-state index < -0.39 is 6.04 Å². The Morgan fingerprint density at radius 2 is 1.96 bits per heavy atom. The second kappa shape index (κ2) is 8.14. The van der Waals surface area contributed by atoms with E-state index >= 15 is 0 Å². The van der Waals surface area contributed by atoms with Crippen LogP contribution in [0.4, 0.5) is 5.69 Å². The molecule has 1 fully saturated rings. The molecule has 0 aliphatic carbocycles. The molecule has 0 aromatic heterocycles. The topological polar surface area (TPSA) is 73.6 Å². The molecule has 0 radical (unpaired) electrons. The zero-order chi connectivity index (χ0) is 17.6. The molecular formula is C20H24N2O3. The van der Waals surface area contributed by atoms with Gasteiger partial charge in [-0.05, 0) is 42.5 Å². The van der Waals surface area contributed by atoms with E-state index in [1.807, 2.05) is 48.5 Å². The third-order valence-corrected chi connectivity index (χ3v) is 4.62. The first-order valence-electron chi connectivity index (χ1n) is 8.56. The summed E-state index contributed by atoms with van der Waals surface area (Å²) < 4.78 is 10.8. The Kier molecular flexibility index (Phi) is 5.68. The highest BCUT2D eigenvalue weighted by atomic mass is 16.5. The van der Waals surface area contributed by atoms with Gasteiger partial charge in [0.2, 0.25) is 5.91 Å². The van der Waals surface area contributed by atoms with E-state index in [0.29, 0.717) is 13.2 Å². The molecule has 1 saturated heterocycles. The van der Waals surface area contributed by atoms with E-state index in [1.54, 1.807) is 7.11 Å². The first kappa shape index (κ1) is 17.5. The van der Waals surface area contributed by atoms with Gasteiger partial charge in [-0.3, -0.25) is 4.79 Å². The molecule has 1 aliphatic heterocycles. The number of methoxy groups -OCH3 is 1. The molecule has 1 aliphatic rings. The Balaban J connectivity index is 1.74. The van der Waals surface area contributed by atoms with Crippen LogP contribution in [-0.4, -0.2) is 32.3 Å². The van der Waals surface area contributed by atoms with Crippen molar-refractivity contribution < 1.29 is 14.3 Å². The maximum atomic E-state index is 12.5. The fraction of sp³-hybridized carbons (Fsp3) is 0.350. The number of ether oxygens (including phenoxy) is 2. The minimum atomic E-state index is -0.515. The lowest BCUT2D eigenvalue weighted by Crippen LogP contribution is -2.44. The highest BCUT2D eigenvalue weighted by Crippen LogP contribution is 2.31. The summed E-state index contributed by atoms with van der Waals surface area (Å²) in [6.07, 6.45) is 1.66. The minimum absolute atomic E-state index is 0.149. The quantitative estimate of drug-likeness (QED) is 0.877. The van der Waals surface area contributed by atoms with Gasteiger partial charge in [-0.25, -0.2) is 0 Å². The normalized spacial score (nSPS) is 16.2. The fourth-order valence-corrected chi connectivity index (χ4v) is 3.16. The van der Waals surface area contributed by atoms with Crippen LogP contribution in [0.1, 0.15) is 12.8 Å². The predicted octanol–water partition coefficient (Wildman–Crippen LogP) is 3.05. The Morgan fingerprint density at radius 1 is 1.20 bits per heavy atom. The monoisotopic (exact) mass is 340 g/mol. The molecule has 1 amide bonds. The summed E-state index contributed by atoms with van der Waals surface area (Å²) >= 11 is 0. The van der Waals surface area contributed by atoms with E-state index in [1.165, 1.54) is 0 Å². The molecule has 3 N–H and O–H groups in total. The third-order valence-electron chi connectivity index (χ3n) is 4.62. The molecule has 25 heavy (non-hydrogen) atoms. The smallest absolute Gasteiger partial charge is 0.241 e. The van der Waals surface area contributed by atoms with Crippen LogP contribution in [0, 0.1) is 5.92 Å². The fourth-order valence-electron chi connectivity index (χ4n) is 3.16. The van der Waals surface area contributed by atoms with E-state index in [2.05, 4.69) is 5.32 Å². The third kappa shape index (κ3) is 4.18. The number of hydrogen-bond acceptors (Lipinski definition) is 4. The van der Waals surface area contributed by atoms with Crippen molar-refractivity contribution in [2.24, 2.45) is 11.7 Å². The van der Waals surface area contributed by atoms with E-state index in [4.69, 9.17) is 15.2 Å². The summed E-state index contributed by atoms with van der Waals surface area (Å²) in [5.41, 5.74) is 8.84. The van der Waals surface area contributed by atoms with Gasteiger partial charge in [0, 0.05) is 24.5 Å². The van der Waals surface area contributed by atoms with Crippen LogP contribution in [-0.2, 0) is 9.53 Å². The number of anilines is 1. The first-order valence-corrected chi connectivity index (χ1v) is 8.56. The van der Waals surface area contributed by atoms with E-state index in [9.17, 15) is 4.79 Å². The van der Waals surface area contributed by atoms with Crippen LogP contribution in [0.25, 0.3) is 11.1 Å². The highest BCUT2D eigenvalue weighted by molar-refractivity contribution is 5.95. The summed E-state index contributed by atoms with van der Waals surface area (Å²) in [4.78, 5) is 12.5. The summed E-state index contributed by atoms with van der Waals surface area (Å²) in [5.74, 6) is 0.820. The van der Waals surface area contributed by atoms with Gasteiger partial charge >= 0.3 is 0 Å². The number of rotatable bonds is 5. The van der Waals surface area contributed by atoms with Crippen molar-refractivity contribution in [2.75, 3.05) is 25.6 Å². The molecule has 1 unspecified atom stereocenters. The van der Waals surface area contributed by atoms with Gasteiger partial charge in [-0.1, -0.05) is 30.3 Å². The Morgan fingerprint density at radius 3 is 2.72 bits per heavy atom. The van der Waals surface area contributed by atoms with Gasteiger partial charge in [0.05, 0.1) is 13.2 Å². The maximum absolute atomic E-state index is 12.5. The second-order valence-electron chi connectivity index (χ2n) is 6.25. The number of benzene rings is 2. The molecule has 3 rings (SSSR count). The molecule has 2 aromatic carbocycles. The minimum Gasteiger partial charge on any atom is -0.496 e. The highest BCUT2D eigenvalue weighted by Gasteiger charge is 2.26. The lowest BCUT2D eigenvalue weighted by atomic mass is 9.92. The number of amides is 1. The largest absolute Gasteiger partial charge is 0.496 e. The molecule has 5 nitrogen and oxygen atoms in total. The molecular weight excluding hydrogens is 316 g/mol. The van der Waals surface area contributed by atoms with Gasteiger partial charge in [-0.15, -0.1) is 0 Å².